The highest BCUT2D eigenvalue weighted by Crippen LogP contribution is 2.59. The fraction of sp³-hybridized carbons (Fsp3) is 0.915. The third-order valence-electron chi connectivity index (χ3n) is 15.9. The van der Waals surface area contributed by atoms with Gasteiger partial charge in [0.1, 0.15) is 23.9 Å². The molecule has 9 nitrogen and oxygen atoms in total. The van der Waals surface area contributed by atoms with Crippen LogP contribution in [0.2, 0.25) is 0 Å². The van der Waals surface area contributed by atoms with Crippen molar-refractivity contribution >= 4 is 23.7 Å². The lowest BCUT2D eigenvalue weighted by Crippen LogP contribution is -2.61. The van der Waals surface area contributed by atoms with Crippen molar-refractivity contribution in [1.82, 2.24) is 0 Å². The lowest BCUT2D eigenvalue weighted by Gasteiger charge is -2.59. The molecule has 8 rings (SSSR count). The average Bonchev–Trinajstić information content (AvgIpc) is 3.70. The van der Waals surface area contributed by atoms with Crippen molar-refractivity contribution in [1.29, 1.82) is 0 Å². The van der Waals surface area contributed by atoms with Crippen molar-refractivity contribution in [2.45, 2.75) is 208 Å². The molecule has 7 atom stereocenters. The number of rotatable bonds is 10. The van der Waals surface area contributed by atoms with Gasteiger partial charge in [0.05, 0.1) is 27.9 Å². The minimum absolute atomic E-state index is 0.0435. The molecule has 0 aromatic rings. The van der Waals surface area contributed by atoms with Crippen molar-refractivity contribution in [3.8, 4) is 0 Å². The molecule has 8 fully saturated rings. The number of esters is 3. The van der Waals surface area contributed by atoms with E-state index in [1.165, 1.54) is 32.1 Å². The van der Waals surface area contributed by atoms with Crippen LogP contribution in [-0.2, 0) is 38.1 Å². The second-order valence-corrected chi connectivity index (χ2v) is 22.0. The third-order valence-corrected chi connectivity index (χ3v) is 15.9. The summed E-state index contributed by atoms with van der Waals surface area (Å²) in [6.07, 6.45) is 14.6. The first-order valence-corrected chi connectivity index (χ1v) is 22.4. The van der Waals surface area contributed by atoms with Crippen molar-refractivity contribution < 1.29 is 43.2 Å². The predicted octanol–water partition coefficient (Wildman–Crippen LogP) is 9.58. The number of ether oxygens (including phenoxy) is 4. The highest BCUT2D eigenvalue weighted by Gasteiger charge is 2.61. The molecule has 1 saturated heterocycles. The van der Waals surface area contributed by atoms with E-state index in [0.29, 0.717) is 30.1 Å². The summed E-state index contributed by atoms with van der Waals surface area (Å²) in [5.41, 5.74) is -2.44. The monoisotopic (exact) mass is 787 g/mol. The number of aliphatic hydroxyl groups is 1. The molecule has 56 heavy (non-hydrogen) atoms. The van der Waals surface area contributed by atoms with E-state index in [4.69, 9.17) is 18.9 Å². The Morgan fingerprint density at radius 3 is 1.82 bits per heavy atom. The Balaban J connectivity index is 0.000000161. The molecular weight excluding hydrogens is 709 g/mol. The van der Waals surface area contributed by atoms with E-state index in [-0.39, 0.29) is 71.0 Å². The predicted molar refractivity (Wildman–Crippen MR) is 216 cm³/mol. The highest BCUT2D eigenvalue weighted by molar-refractivity contribution is 5.84. The van der Waals surface area contributed by atoms with Crippen LogP contribution < -0.4 is 0 Å². The van der Waals surface area contributed by atoms with Gasteiger partial charge in [-0.1, -0.05) is 40.5 Å². The maximum absolute atomic E-state index is 12.4. The Morgan fingerprint density at radius 2 is 1.29 bits per heavy atom. The van der Waals surface area contributed by atoms with Crippen LogP contribution in [0.5, 0.6) is 0 Å². The van der Waals surface area contributed by atoms with Gasteiger partial charge in [-0.3, -0.25) is 19.2 Å². The van der Waals surface area contributed by atoms with E-state index in [1.807, 2.05) is 62.3 Å². The molecule has 1 N–H and O–H groups in total. The van der Waals surface area contributed by atoms with Gasteiger partial charge < -0.3 is 24.1 Å². The Morgan fingerprint density at radius 1 is 0.750 bits per heavy atom. The highest BCUT2D eigenvalue weighted by atomic mass is 16.6. The van der Waals surface area contributed by atoms with E-state index in [9.17, 15) is 24.3 Å². The summed E-state index contributed by atoms with van der Waals surface area (Å²) in [5, 5.41) is 10.6. The molecule has 6 bridgehead atoms. The van der Waals surface area contributed by atoms with Crippen LogP contribution in [0.25, 0.3) is 0 Å². The molecule has 1 aliphatic heterocycles. The summed E-state index contributed by atoms with van der Waals surface area (Å²) in [6, 6.07) is 0. The fourth-order valence-electron chi connectivity index (χ4n) is 11.0. The Hall–Kier alpha value is -2.00. The molecule has 7 saturated carbocycles. The second-order valence-electron chi connectivity index (χ2n) is 22.0. The maximum atomic E-state index is 12.4. The topological polar surface area (TPSA) is 125 Å². The lowest BCUT2D eigenvalue weighted by molar-refractivity contribution is -0.225. The molecule has 7 aliphatic carbocycles. The van der Waals surface area contributed by atoms with Crippen LogP contribution >= 0.6 is 0 Å². The van der Waals surface area contributed by atoms with Crippen LogP contribution in [0, 0.1) is 57.7 Å². The first-order valence-electron chi connectivity index (χ1n) is 22.4. The van der Waals surface area contributed by atoms with Gasteiger partial charge in [0.2, 0.25) is 0 Å². The number of hydrogen-bond donors (Lipinski definition) is 1. The number of Topliss-reactive ketones (excluding diaryl/α,β-unsaturated/α-hetero) is 1. The molecule has 0 amide bonds. The van der Waals surface area contributed by atoms with E-state index < -0.39 is 16.4 Å². The number of carbonyl (C=O) groups is 4. The number of fused-ring (bicyclic) bond motifs is 1. The number of hydrogen-bond acceptors (Lipinski definition) is 9. The van der Waals surface area contributed by atoms with Crippen LogP contribution in [0.15, 0.2) is 0 Å². The summed E-state index contributed by atoms with van der Waals surface area (Å²) in [4.78, 5) is 48.5. The average molecular weight is 787 g/mol. The van der Waals surface area contributed by atoms with Crippen LogP contribution in [0.1, 0.15) is 179 Å². The van der Waals surface area contributed by atoms with Crippen molar-refractivity contribution in [3.63, 3.8) is 0 Å². The van der Waals surface area contributed by atoms with Gasteiger partial charge in [0, 0.05) is 12.3 Å². The summed E-state index contributed by atoms with van der Waals surface area (Å²) in [5.74, 6) is 3.21. The first-order chi connectivity index (χ1) is 25.9. The minimum Gasteiger partial charge on any atom is -0.459 e. The zero-order chi connectivity index (χ0) is 41.6. The zero-order valence-electron chi connectivity index (χ0n) is 37.2. The molecule has 0 aromatic heterocycles. The van der Waals surface area contributed by atoms with Gasteiger partial charge in [0.25, 0.3) is 0 Å². The van der Waals surface area contributed by atoms with Crippen LogP contribution in [0.3, 0.4) is 0 Å². The Bertz CT molecular complexity index is 1420. The largest absolute Gasteiger partial charge is 0.459 e. The first kappa shape index (κ1) is 45.1. The quantitative estimate of drug-likeness (QED) is 0.170. The van der Waals surface area contributed by atoms with E-state index >= 15 is 0 Å². The molecule has 8 aliphatic rings. The van der Waals surface area contributed by atoms with Gasteiger partial charge >= 0.3 is 17.9 Å². The van der Waals surface area contributed by atoms with Gasteiger partial charge in [0.15, 0.2) is 5.78 Å². The Kier molecular flexibility index (Phi) is 13.3. The molecule has 1 heterocycles. The van der Waals surface area contributed by atoms with E-state index in [2.05, 4.69) is 20.8 Å². The van der Waals surface area contributed by atoms with Gasteiger partial charge in [-0.2, -0.15) is 0 Å². The minimum atomic E-state index is -0.555. The zero-order valence-corrected chi connectivity index (χ0v) is 37.2. The molecule has 9 heteroatoms. The number of carbonyl (C=O) groups excluding carboxylic acids is 4. The van der Waals surface area contributed by atoms with Crippen molar-refractivity contribution in [2.75, 3.05) is 6.61 Å². The smallest absolute Gasteiger partial charge is 0.312 e. The van der Waals surface area contributed by atoms with E-state index in [0.717, 1.165) is 63.7 Å². The lowest BCUT2D eigenvalue weighted by atomic mass is 9.52. The van der Waals surface area contributed by atoms with Crippen molar-refractivity contribution in [2.24, 2.45) is 57.7 Å². The SMILES string of the molecule is CCC(C)(C)C(=O)OC(C)(C)C1CCC(C)CC1.CCC(C)(C)C(=O)OC12CC3CC(CC(O)(C3)C1)C2.CCC(C)(C)C(=O)OC1C2CC3C(=O)COC1C3C2. The van der Waals surface area contributed by atoms with E-state index in [1.54, 1.807) is 0 Å². The molecule has 0 aromatic carbocycles. The molecule has 320 valence electrons. The third kappa shape index (κ3) is 9.71. The van der Waals surface area contributed by atoms with Gasteiger partial charge in [-0.05, 0) is 168 Å². The molecule has 0 radical (unpaired) electrons. The summed E-state index contributed by atoms with van der Waals surface area (Å²) < 4.78 is 23.2. The fourth-order valence-corrected chi connectivity index (χ4v) is 11.0. The standard InChI is InChI=1S/C16H26O3.C16H30O2.C15H22O4/c1-4-14(2,3)13(17)19-16-8-11-5-12(9-16)7-15(18,6-11)10-16;1-7-15(3,4)14(17)18-16(5,6)13-10-8-12(2)9-11-13;1-4-15(2,3)14(17)19-12-8-5-9-10(6-8)13(12)18-7-11(9)16/h11-12,18H,4-10H2,1-3H3;12-13H,7-11H2,1-6H3;8-10,12-13H,4-7H2,1-3H3. The van der Waals surface area contributed by atoms with Gasteiger partial charge in [-0.25, -0.2) is 0 Å². The summed E-state index contributed by atoms with van der Waals surface area (Å²) in [6.45, 7) is 24.4. The molecule has 7 unspecified atom stereocenters. The summed E-state index contributed by atoms with van der Waals surface area (Å²) in [7, 11) is 0. The second kappa shape index (κ2) is 16.6. The molecular formula is C47H78O9. The van der Waals surface area contributed by atoms with Crippen LogP contribution in [-0.4, -0.2) is 64.4 Å². The summed E-state index contributed by atoms with van der Waals surface area (Å²) >= 11 is 0. The Labute approximate surface area is 338 Å². The molecule has 0 spiro atoms. The van der Waals surface area contributed by atoms with Crippen molar-refractivity contribution in [3.05, 3.63) is 0 Å². The van der Waals surface area contributed by atoms with Crippen LogP contribution in [0.4, 0.5) is 0 Å². The normalized spacial score (nSPS) is 37.2. The van der Waals surface area contributed by atoms with Gasteiger partial charge in [-0.15, -0.1) is 0 Å². The maximum Gasteiger partial charge on any atom is 0.312 e. The number of ketones is 1.